The van der Waals surface area contributed by atoms with E-state index >= 15 is 0 Å². The van der Waals surface area contributed by atoms with E-state index in [-0.39, 0.29) is 0 Å². The molecule has 15 heavy (non-hydrogen) atoms. The Morgan fingerprint density at radius 1 is 1.00 bits per heavy atom. The smallest absolute Gasteiger partial charge is 0.0889 e. The maximum Gasteiger partial charge on any atom is 0.0889 e. The van der Waals surface area contributed by atoms with Crippen LogP contribution in [0.1, 0.15) is 5.69 Å². The van der Waals surface area contributed by atoms with Crippen molar-refractivity contribution >= 4 is 0 Å². The van der Waals surface area contributed by atoms with Crippen LogP contribution in [0.4, 0.5) is 0 Å². The Hall–Kier alpha value is -1.74. The Kier molecular flexibility index (Phi) is 3.05. The minimum absolute atomic E-state index is 0.624. The summed E-state index contributed by atoms with van der Waals surface area (Å²) < 4.78 is 0. The Morgan fingerprint density at radius 2 is 1.87 bits per heavy atom. The molecule has 0 aliphatic heterocycles. The average molecular weight is 199 g/mol. The predicted molar refractivity (Wildman–Crippen MR) is 60.2 cm³/mol. The first-order valence-electron chi connectivity index (χ1n) is 4.97. The first-order chi connectivity index (χ1) is 7.40. The second-order valence-electron chi connectivity index (χ2n) is 3.27. The van der Waals surface area contributed by atoms with Gasteiger partial charge in [0.05, 0.1) is 11.4 Å². The van der Waals surface area contributed by atoms with Crippen LogP contribution in [0.3, 0.4) is 0 Å². The normalized spacial score (nSPS) is 10.2. The fourth-order valence-electron chi connectivity index (χ4n) is 1.42. The molecule has 0 aromatic carbocycles. The third kappa shape index (κ3) is 2.39. The molecule has 0 amide bonds. The molecular weight excluding hydrogens is 186 g/mol. The van der Waals surface area contributed by atoms with Crippen molar-refractivity contribution < 1.29 is 0 Å². The molecule has 0 saturated heterocycles. The zero-order valence-corrected chi connectivity index (χ0v) is 8.43. The van der Waals surface area contributed by atoms with Crippen molar-refractivity contribution in [1.29, 1.82) is 0 Å². The average Bonchev–Trinajstić information content (AvgIpc) is 2.31. The van der Waals surface area contributed by atoms with E-state index in [9.17, 15) is 0 Å². The lowest BCUT2D eigenvalue weighted by Gasteiger charge is -2.02. The van der Waals surface area contributed by atoms with Crippen LogP contribution in [0.2, 0.25) is 0 Å². The second-order valence-corrected chi connectivity index (χ2v) is 3.27. The highest BCUT2D eigenvalue weighted by atomic mass is 14.8. The van der Waals surface area contributed by atoms with Crippen molar-refractivity contribution in [1.82, 2.24) is 9.97 Å². The predicted octanol–water partition coefficient (Wildman–Crippen LogP) is 1.64. The van der Waals surface area contributed by atoms with Crippen LogP contribution in [0.25, 0.3) is 11.4 Å². The maximum absolute atomic E-state index is 5.49. The number of rotatable bonds is 3. The van der Waals surface area contributed by atoms with Crippen molar-refractivity contribution in [3.8, 4) is 11.4 Å². The molecule has 0 fully saturated rings. The van der Waals surface area contributed by atoms with Crippen LogP contribution in [0.15, 0.2) is 42.6 Å². The molecular formula is C12H13N3. The van der Waals surface area contributed by atoms with Gasteiger partial charge in [-0.15, -0.1) is 0 Å². The number of hydrogen-bond acceptors (Lipinski definition) is 3. The summed E-state index contributed by atoms with van der Waals surface area (Å²) in [4.78, 5) is 8.75. The summed E-state index contributed by atoms with van der Waals surface area (Å²) >= 11 is 0. The van der Waals surface area contributed by atoms with Gasteiger partial charge in [-0.05, 0) is 30.8 Å². The Labute approximate surface area is 89.0 Å². The molecule has 2 aromatic rings. The third-order valence-electron chi connectivity index (χ3n) is 2.13. The Balaban J connectivity index is 2.33. The summed E-state index contributed by atoms with van der Waals surface area (Å²) in [7, 11) is 0. The molecule has 0 aliphatic carbocycles. The summed E-state index contributed by atoms with van der Waals surface area (Å²) in [5.74, 6) is 0. The van der Waals surface area contributed by atoms with Gasteiger partial charge in [0.15, 0.2) is 0 Å². The highest BCUT2D eigenvalue weighted by molar-refractivity contribution is 5.53. The molecule has 2 aromatic heterocycles. The standard InChI is InChI=1S/C12H13N3/c13-8-7-10-4-3-6-12(15-10)11-5-1-2-9-14-11/h1-6,9H,7-8,13H2. The lowest BCUT2D eigenvalue weighted by atomic mass is 10.2. The third-order valence-corrected chi connectivity index (χ3v) is 2.13. The van der Waals surface area contributed by atoms with Gasteiger partial charge < -0.3 is 5.73 Å². The molecule has 0 unspecified atom stereocenters. The molecule has 0 atom stereocenters. The van der Waals surface area contributed by atoms with Crippen LogP contribution in [0.5, 0.6) is 0 Å². The minimum Gasteiger partial charge on any atom is -0.330 e. The molecule has 0 saturated carbocycles. The molecule has 0 bridgehead atoms. The molecule has 0 radical (unpaired) electrons. The quantitative estimate of drug-likeness (QED) is 0.817. The van der Waals surface area contributed by atoms with Crippen molar-refractivity contribution in [2.45, 2.75) is 6.42 Å². The maximum atomic E-state index is 5.49. The Morgan fingerprint density at radius 3 is 2.60 bits per heavy atom. The number of nitrogens with two attached hydrogens (primary N) is 1. The van der Waals surface area contributed by atoms with E-state index in [1.54, 1.807) is 6.20 Å². The molecule has 0 aliphatic rings. The van der Waals surface area contributed by atoms with E-state index in [1.807, 2.05) is 36.4 Å². The minimum atomic E-state index is 0.624. The number of nitrogens with zero attached hydrogens (tertiary/aromatic N) is 2. The molecule has 2 rings (SSSR count). The fraction of sp³-hybridized carbons (Fsp3) is 0.167. The van der Waals surface area contributed by atoms with E-state index in [1.165, 1.54) is 0 Å². The van der Waals surface area contributed by atoms with Gasteiger partial charge in [-0.3, -0.25) is 9.97 Å². The SMILES string of the molecule is NCCc1cccc(-c2ccccn2)n1. The molecule has 2 N–H and O–H groups in total. The van der Waals surface area contributed by atoms with E-state index in [4.69, 9.17) is 5.73 Å². The summed E-state index contributed by atoms with van der Waals surface area (Å²) in [6, 6.07) is 11.7. The second kappa shape index (κ2) is 4.66. The lowest BCUT2D eigenvalue weighted by molar-refractivity contribution is 0.924. The summed E-state index contributed by atoms with van der Waals surface area (Å²) in [5.41, 5.74) is 8.31. The monoisotopic (exact) mass is 199 g/mol. The van der Waals surface area contributed by atoms with Crippen molar-refractivity contribution in [2.24, 2.45) is 5.73 Å². The zero-order chi connectivity index (χ0) is 10.5. The first kappa shape index (κ1) is 9.80. The fourth-order valence-corrected chi connectivity index (χ4v) is 1.42. The van der Waals surface area contributed by atoms with Crippen molar-refractivity contribution in [3.63, 3.8) is 0 Å². The number of hydrogen-bond donors (Lipinski definition) is 1. The zero-order valence-electron chi connectivity index (χ0n) is 8.43. The van der Waals surface area contributed by atoms with Gasteiger partial charge in [0, 0.05) is 18.3 Å². The van der Waals surface area contributed by atoms with Gasteiger partial charge in [0.1, 0.15) is 0 Å². The van der Waals surface area contributed by atoms with E-state index in [0.717, 1.165) is 23.5 Å². The summed E-state index contributed by atoms with van der Waals surface area (Å²) in [6.45, 7) is 0.624. The molecule has 76 valence electrons. The van der Waals surface area contributed by atoms with Crippen molar-refractivity contribution in [2.75, 3.05) is 6.54 Å². The van der Waals surface area contributed by atoms with E-state index in [2.05, 4.69) is 9.97 Å². The van der Waals surface area contributed by atoms with Crippen LogP contribution in [-0.4, -0.2) is 16.5 Å². The van der Waals surface area contributed by atoms with Gasteiger partial charge in [-0.1, -0.05) is 12.1 Å². The van der Waals surface area contributed by atoms with E-state index < -0.39 is 0 Å². The molecule has 3 nitrogen and oxygen atoms in total. The molecule has 0 spiro atoms. The number of aromatic nitrogens is 2. The van der Waals surface area contributed by atoms with Gasteiger partial charge >= 0.3 is 0 Å². The topological polar surface area (TPSA) is 51.8 Å². The van der Waals surface area contributed by atoms with Gasteiger partial charge in [-0.25, -0.2) is 0 Å². The van der Waals surface area contributed by atoms with Crippen LogP contribution >= 0.6 is 0 Å². The summed E-state index contributed by atoms with van der Waals surface area (Å²) in [5, 5.41) is 0. The lowest BCUT2D eigenvalue weighted by Crippen LogP contribution is -2.04. The van der Waals surface area contributed by atoms with Gasteiger partial charge in [-0.2, -0.15) is 0 Å². The van der Waals surface area contributed by atoms with Gasteiger partial charge in [0.2, 0.25) is 0 Å². The van der Waals surface area contributed by atoms with Crippen LogP contribution in [-0.2, 0) is 6.42 Å². The summed E-state index contributed by atoms with van der Waals surface area (Å²) in [6.07, 6.45) is 2.58. The molecule has 2 heterocycles. The van der Waals surface area contributed by atoms with Crippen LogP contribution < -0.4 is 5.73 Å². The van der Waals surface area contributed by atoms with Crippen molar-refractivity contribution in [3.05, 3.63) is 48.3 Å². The highest BCUT2D eigenvalue weighted by Gasteiger charge is 2.00. The Bertz CT molecular complexity index is 426. The highest BCUT2D eigenvalue weighted by Crippen LogP contribution is 2.13. The van der Waals surface area contributed by atoms with Gasteiger partial charge in [0.25, 0.3) is 0 Å². The van der Waals surface area contributed by atoms with E-state index in [0.29, 0.717) is 6.54 Å². The first-order valence-corrected chi connectivity index (χ1v) is 4.97. The largest absolute Gasteiger partial charge is 0.330 e. The molecule has 3 heteroatoms. The van der Waals surface area contributed by atoms with Crippen LogP contribution in [0, 0.1) is 0 Å². The number of pyridine rings is 2.